The molecule has 0 saturated carbocycles. The van der Waals surface area contributed by atoms with Crippen molar-refractivity contribution in [3.05, 3.63) is 66.2 Å². The number of aromatic nitrogens is 1. The molecule has 2 aromatic carbocycles. The van der Waals surface area contributed by atoms with Crippen LogP contribution in [0.2, 0.25) is 0 Å². The van der Waals surface area contributed by atoms with Crippen LogP contribution >= 0.6 is 0 Å². The van der Waals surface area contributed by atoms with Crippen molar-refractivity contribution >= 4 is 11.1 Å². The molecule has 0 spiro atoms. The van der Waals surface area contributed by atoms with Gasteiger partial charge in [0.25, 0.3) is 0 Å². The minimum absolute atomic E-state index is 0.682. The molecule has 0 saturated heterocycles. The van der Waals surface area contributed by atoms with Gasteiger partial charge < -0.3 is 4.42 Å². The largest absolute Gasteiger partial charge is 0.436 e. The molecule has 0 aliphatic rings. The Morgan fingerprint density at radius 2 is 2.00 bits per heavy atom. The number of para-hydroxylation sites is 2. The van der Waals surface area contributed by atoms with Crippen molar-refractivity contribution in [1.29, 1.82) is 0 Å². The summed E-state index contributed by atoms with van der Waals surface area (Å²) < 4.78 is 5.85. The Kier molecular flexibility index (Phi) is 2.92. The second-order valence-electron chi connectivity index (χ2n) is 4.58. The van der Waals surface area contributed by atoms with Crippen LogP contribution in [-0.4, -0.2) is 4.98 Å². The second-order valence-corrected chi connectivity index (χ2v) is 4.58. The van der Waals surface area contributed by atoms with Crippen molar-refractivity contribution in [3.8, 4) is 11.5 Å². The van der Waals surface area contributed by atoms with E-state index in [4.69, 9.17) is 4.42 Å². The van der Waals surface area contributed by atoms with Crippen LogP contribution in [0.15, 0.2) is 59.5 Å². The number of fused-ring (bicyclic) bond motifs is 1. The molecule has 0 amide bonds. The summed E-state index contributed by atoms with van der Waals surface area (Å²) in [6.07, 6.45) is 2.73. The Morgan fingerprint density at radius 3 is 2.79 bits per heavy atom. The smallest absolute Gasteiger partial charge is 0.227 e. The van der Waals surface area contributed by atoms with E-state index in [1.54, 1.807) is 0 Å². The third-order valence-corrected chi connectivity index (χ3v) is 3.28. The predicted molar refractivity (Wildman–Crippen MR) is 78.1 cm³/mol. The molecular formula is C17H15NO. The lowest BCUT2D eigenvalue weighted by atomic mass is 9.99. The van der Waals surface area contributed by atoms with E-state index in [2.05, 4.69) is 30.6 Å². The van der Waals surface area contributed by atoms with Crippen LogP contribution < -0.4 is 0 Å². The Hall–Kier alpha value is -2.35. The molecule has 2 heteroatoms. The fourth-order valence-corrected chi connectivity index (χ4v) is 2.31. The lowest BCUT2D eigenvalue weighted by molar-refractivity contribution is 0.619. The van der Waals surface area contributed by atoms with Gasteiger partial charge in [0.05, 0.1) is 0 Å². The van der Waals surface area contributed by atoms with Gasteiger partial charge in [-0.3, -0.25) is 0 Å². The minimum Gasteiger partial charge on any atom is -0.436 e. The summed E-state index contributed by atoms with van der Waals surface area (Å²) >= 11 is 0. The number of oxazole rings is 1. The van der Waals surface area contributed by atoms with E-state index in [9.17, 15) is 0 Å². The van der Waals surface area contributed by atoms with Gasteiger partial charge in [-0.05, 0) is 42.7 Å². The van der Waals surface area contributed by atoms with Gasteiger partial charge in [-0.15, -0.1) is 6.58 Å². The molecule has 0 bridgehead atoms. The van der Waals surface area contributed by atoms with E-state index in [0.717, 1.165) is 23.1 Å². The minimum atomic E-state index is 0.682. The highest BCUT2D eigenvalue weighted by Crippen LogP contribution is 2.29. The Labute approximate surface area is 112 Å². The van der Waals surface area contributed by atoms with Crippen molar-refractivity contribution in [2.24, 2.45) is 0 Å². The predicted octanol–water partition coefficient (Wildman–Crippen LogP) is 4.53. The highest BCUT2D eigenvalue weighted by molar-refractivity contribution is 5.77. The van der Waals surface area contributed by atoms with E-state index in [-0.39, 0.29) is 0 Å². The van der Waals surface area contributed by atoms with E-state index in [1.807, 2.05) is 36.4 Å². The molecule has 0 N–H and O–H groups in total. The standard InChI is InChI=1S/C17H15NO/c1-3-7-13-12(2)8-6-9-14(13)17-18-15-10-4-5-11-16(15)19-17/h3-6,8-11H,1,7H2,2H3. The van der Waals surface area contributed by atoms with Crippen LogP contribution in [0.3, 0.4) is 0 Å². The summed E-state index contributed by atoms with van der Waals surface area (Å²) in [5, 5.41) is 0. The van der Waals surface area contributed by atoms with Gasteiger partial charge in [0.2, 0.25) is 5.89 Å². The molecule has 2 nitrogen and oxygen atoms in total. The maximum Gasteiger partial charge on any atom is 0.227 e. The Bertz CT molecular complexity index is 707. The molecule has 0 aliphatic heterocycles. The van der Waals surface area contributed by atoms with Crippen LogP contribution in [-0.2, 0) is 6.42 Å². The molecule has 0 unspecified atom stereocenters. The van der Waals surface area contributed by atoms with Gasteiger partial charge in [0, 0.05) is 5.56 Å². The zero-order chi connectivity index (χ0) is 13.2. The number of allylic oxidation sites excluding steroid dienone is 1. The first-order valence-corrected chi connectivity index (χ1v) is 6.35. The molecule has 0 aliphatic carbocycles. The van der Waals surface area contributed by atoms with Crippen molar-refractivity contribution in [1.82, 2.24) is 4.98 Å². The quantitative estimate of drug-likeness (QED) is 0.637. The van der Waals surface area contributed by atoms with Crippen LogP contribution in [0.5, 0.6) is 0 Å². The fourth-order valence-electron chi connectivity index (χ4n) is 2.31. The molecule has 94 valence electrons. The van der Waals surface area contributed by atoms with Gasteiger partial charge in [0.1, 0.15) is 5.52 Å². The maximum atomic E-state index is 5.85. The average molecular weight is 249 g/mol. The number of hydrogen-bond acceptors (Lipinski definition) is 2. The zero-order valence-corrected chi connectivity index (χ0v) is 10.9. The van der Waals surface area contributed by atoms with Crippen molar-refractivity contribution in [2.45, 2.75) is 13.3 Å². The third kappa shape index (κ3) is 2.06. The number of benzene rings is 2. The van der Waals surface area contributed by atoms with Gasteiger partial charge in [-0.2, -0.15) is 0 Å². The van der Waals surface area contributed by atoms with Crippen molar-refractivity contribution < 1.29 is 4.42 Å². The number of rotatable bonds is 3. The molecule has 3 aromatic rings. The summed E-state index contributed by atoms with van der Waals surface area (Å²) in [5.74, 6) is 0.682. The van der Waals surface area contributed by atoms with E-state index in [0.29, 0.717) is 5.89 Å². The maximum absolute atomic E-state index is 5.85. The Balaban J connectivity index is 2.20. The van der Waals surface area contributed by atoms with Gasteiger partial charge in [-0.1, -0.05) is 30.3 Å². The average Bonchev–Trinajstić information content (AvgIpc) is 2.85. The monoisotopic (exact) mass is 249 g/mol. The van der Waals surface area contributed by atoms with E-state index >= 15 is 0 Å². The zero-order valence-electron chi connectivity index (χ0n) is 10.9. The molecule has 1 heterocycles. The van der Waals surface area contributed by atoms with Crippen LogP contribution in [0.1, 0.15) is 11.1 Å². The number of aryl methyl sites for hydroxylation is 1. The highest BCUT2D eigenvalue weighted by atomic mass is 16.3. The van der Waals surface area contributed by atoms with Crippen molar-refractivity contribution in [2.75, 3.05) is 0 Å². The van der Waals surface area contributed by atoms with E-state index < -0.39 is 0 Å². The lowest BCUT2D eigenvalue weighted by Gasteiger charge is -2.07. The summed E-state index contributed by atoms with van der Waals surface area (Å²) in [7, 11) is 0. The molecule has 19 heavy (non-hydrogen) atoms. The normalized spacial score (nSPS) is 10.8. The Morgan fingerprint density at radius 1 is 1.16 bits per heavy atom. The highest BCUT2D eigenvalue weighted by Gasteiger charge is 2.12. The molecule has 3 rings (SSSR count). The summed E-state index contributed by atoms with van der Waals surface area (Å²) in [5.41, 5.74) is 5.23. The second kappa shape index (κ2) is 4.73. The first kappa shape index (κ1) is 11.7. The third-order valence-electron chi connectivity index (χ3n) is 3.28. The van der Waals surface area contributed by atoms with Crippen molar-refractivity contribution in [3.63, 3.8) is 0 Å². The first-order chi connectivity index (χ1) is 9.29. The van der Waals surface area contributed by atoms with Gasteiger partial charge in [0.15, 0.2) is 5.58 Å². The van der Waals surface area contributed by atoms with Gasteiger partial charge >= 0.3 is 0 Å². The SMILES string of the molecule is C=CCc1c(C)cccc1-c1nc2ccccc2o1. The molecule has 0 fully saturated rings. The van der Waals surface area contributed by atoms with Crippen LogP contribution in [0.4, 0.5) is 0 Å². The molecule has 0 atom stereocenters. The van der Waals surface area contributed by atoms with Crippen LogP contribution in [0, 0.1) is 6.92 Å². The summed E-state index contributed by atoms with van der Waals surface area (Å²) in [6.45, 7) is 5.93. The lowest BCUT2D eigenvalue weighted by Crippen LogP contribution is -1.92. The van der Waals surface area contributed by atoms with E-state index in [1.165, 1.54) is 11.1 Å². The molecular weight excluding hydrogens is 234 g/mol. The number of hydrogen-bond donors (Lipinski definition) is 0. The van der Waals surface area contributed by atoms with Gasteiger partial charge in [-0.25, -0.2) is 4.98 Å². The summed E-state index contributed by atoms with van der Waals surface area (Å²) in [4.78, 5) is 4.57. The molecule has 1 aromatic heterocycles. The topological polar surface area (TPSA) is 26.0 Å². The number of nitrogens with zero attached hydrogens (tertiary/aromatic N) is 1. The fraction of sp³-hybridized carbons (Fsp3) is 0.118. The molecule has 0 radical (unpaired) electrons. The van der Waals surface area contributed by atoms with Crippen LogP contribution in [0.25, 0.3) is 22.6 Å². The first-order valence-electron chi connectivity index (χ1n) is 6.35. The summed E-state index contributed by atoms with van der Waals surface area (Å²) in [6, 6.07) is 14.0.